The Morgan fingerprint density at radius 3 is 2.32 bits per heavy atom. The minimum Gasteiger partial charge on any atom is -0.459 e. The topological polar surface area (TPSA) is 49.9 Å². The van der Waals surface area contributed by atoms with E-state index in [2.05, 4.69) is 31.2 Å². The van der Waals surface area contributed by atoms with Crippen LogP contribution in [0, 0.1) is 6.92 Å². The summed E-state index contributed by atoms with van der Waals surface area (Å²) in [6.45, 7) is 4.99. The van der Waals surface area contributed by atoms with Crippen LogP contribution in [0.25, 0.3) is 0 Å². The molecule has 0 unspecified atom stereocenters. The number of carbonyl (C=O) groups excluding carboxylic acids is 2. The predicted octanol–water partition coefficient (Wildman–Crippen LogP) is 3.75. The van der Waals surface area contributed by atoms with Crippen LogP contribution in [-0.4, -0.2) is 50.6 Å². The maximum atomic E-state index is 12.7. The van der Waals surface area contributed by atoms with E-state index in [9.17, 15) is 9.59 Å². The third kappa shape index (κ3) is 6.39. The minimum absolute atomic E-state index is 0.177. The average molecular weight is 401 g/mol. The number of rotatable bonds is 8. The molecule has 0 aliphatic rings. The standard InChI is InChI=1S/C22H28N2O3S/c1-5-27-22(26)21(25)24(15-14-23(3)4)19-8-6-7-9-20(19)28-16-18-12-10-17(2)11-13-18/h6-13H,5,14-16H2,1-4H3. The number of ether oxygens (including phenoxy) is 1. The molecule has 0 aromatic heterocycles. The number of thioether (sulfide) groups is 1. The Labute approximate surface area is 171 Å². The van der Waals surface area contributed by atoms with Gasteiger partial charge in [-0.2, -0.15) is 0 Å². The number of esters is 1. The number of hydrogen-bond acceptors (Lipinski definition) is 5. The van der Waals surface area contributed by atoms with Gasteiger partial charge in [0.05, 0.1) is 12.3 Å². The van der Waals surface area contributed by atoms with E-state index in [0.29, 0.717) is 13.1 Å². The van der Waals surface area contributed by atoms with E-state index in [0.717, 1.165) is 16.3 Å². The van der Waals surface area contributed by atoms with Crippen LogP contribution < -0.4 is 4.90 Å². The van der Waals surface area contributed by atoms with Crippen LogP contribution in [-0.2, 0) is 20.1 Å². The normalized spacial score (nSPS) is 10.8. The lowest BCUT2D eigenvalue weighted by Gasteiger charge is -2.25. The van der Waals surface area contributed by atoms with Crippen molar-refractivity contribution in [1.82, 2.24) is 4.90 Å². The third-order valence-electron chi connectivity index (χ3n) is 4.14. The smallest absolute Gasteiger partial charge is 0.397 e. The molecule has 0 fully saturated rings. The van der Waals surface area contributed by atoms with Gasteiger partial charge in [-0.15, -0.1) is 11.8 Å². The first-order valence-electron chi connectivity index (χ1n) is 9.33. The van der Waals surface area contributed by atoms with Gasteiger partial charge in [0.25, 0.3) is 0 Å². The van der Waals surface area contributed by atoms with Gasteiger partial charge in [0.1, 0.15) is 0 Å². The molecule has 0 bridgehead atoms. The van der Waals surface area contributed by atoms with Crippen molar-refractivity contribution in [2.75, 3.05) is 38.7 Å². The molecule has 0 heterocycles. The number of aryl methyl sites for hydroxylation is 1. The quantitative estimate of drug-likeness (QED) is 0.384. The second-order valence-corrected chi connectivity index (χ2v) is 7.74. The van der Waals surface area contributed by atoms with Crippen LogP contribution in [0.2, 0.25) is 0 Å². The molecule has 28 heavy (non-hydrogen) atoms. The summed E-state index contributed by atoms with van der Waals surface area (Å²) < 4.78 is 4.94. The summed E-state index contributed by atoms with van der Waals surface area (Å²) in [4.78, 5) is 29.3. The van der Waals surface area contributed by atoms with Crippen LogP contribution in [0.15, 0.2) is 53.4 Å². The molecule has 0 saturated carbocycles. The van der Waals surface area contributed by atoms with Gasteiger partial charge < -0.3 is 14.5 Å². The average Bonchev–Trinajstić information content (AvgIpc) is 2.68. The van der Waals surface area contributed by atoms with Gasteiger partial charge in [-0.25, -0.2) is 4.79 Å². The first-order chi connectivity index (χ1) is 13.4. The summed E-state index contributed by atoms with van der Waals surface area (Å²) in [5.41, 5.74) is 3.17. The number of nitrogens with zero attached hydrogens (tertiary/aromatic N) is 2. The molecule has 0 aliphatic heterocycles. The highest BCUT2D eigenvalue weighted by molar-refractivity contribution is 7.98. The summed E-state index contributed by atoms with van der Waals surface area (Å²) in [5.74, 6) is -0.668. The highest BCUT2D eigenvalue weighted by atomic mass is 32.2. The van der Waals surface area contributed by atoms with Crippen LogP contribution in [0.1, 0.15) is 18.1 Å². The lowest BCUT2D eigenvalue weighted by Crippen LogP contribution is -2.41. The number of amides is 1. The molecule has 0 atom stereocenters. The van der Waals surface area contributed by atoms with E-state index in [1.54, 1.807) is 18.7 Å². The van der Waals surface area contributed by atoms with Crippen molar-refractivity contribution in [2.24, 2.45) is 0 Å². The summed E-state index contributed by atoms with van der Waals surface area (Å²) in [5, 5.41) is 0. The van der Waals surface area contributed by atoms with Gasteiger partial charge in [-0.3, -0.25) is 4.79 Å². The Kier molecular flexibility index (Phi) is 8.54. The lowest BCUT2D eigenvalue weighted by atomic mass is 10.2. The van der Waals surface area contributed by atoms with Gasteiger partial charge in [-0.05, 0) is 45.6 Å². The molecule has 5 nitrogen and oxygen atoms in total. The van der Waals surface area contributed by atoms with Crippen LogP contribution in [0.3, 0.4) is 0 Å². The Bertz CT molecular complexity index is 791. The number of hydrogen-bond donors (Lipinski definition) is 0. The molecule has 2 aromatic carbocycles. The van der Waals surface area contributed by atoms with Crippen molar-refractivity contribution in [1.29, 1.82) is 0 Å². The van der Waals surface area contributed by atoms with Gasteiger partial charge in [0, 0.05) is 23.7 Å². The van der Waals surface area contributed by atoms with Crippen LogP contribution in [0.4, 0.5) is 5.69 Å². The first-order valence-corrected chi connectivity index (χ1v) is 10.3. The third-order valence-corrected chi connectivity index (χ3v) is 5.27. The second-order valence-electron chi connectivity index (χ2n) is 6.72. The fraction of sp³-hybridized carbons (Fsp3) is 0.364. The fourth-order valence-electron chi connectivity index (χ4n) is 2.58. The zero-order chi connectivity index (χ0) is 20.5. The van der Waals surface area contributed by atoms with E-state index >= 15 is 0 Å². The van der Waals surface area contributed by atoms with Gasteiger partial charge >= 0.3 is 11.9 Å². The summed E-state index contributed by atoms with van der Waals surface area (Å²) >= 11 is 1.65. The van der Waals surface area contributed by atoms with Crippen molar-refractivity contribution >= 4 is 29.3 Å². The molecule has 0 aliphatic carbocycles. The van der Waals surface area contributed by atoms with Crippen molar-refractivity contribution in [3.63, 3.8) is 0 Å². The van der Waals surface area contributed by atoms with Crippen LogP contribution in [0.5, 0.6) is 0 Å². The molecule has 0 radical (unpaired) electrons. The molecule has 2 rings (SSSR count). The van der Waals surface area contributed by atoms with Crippen molar-refractivity contribution in [2.45, 2.75) is 24.5 Å². The van der Waals surface area contributed by atoms with E-state index in [4.69, 9.17) is 4.74 Å². The molecule has 150 valence electrons. The second kappa shape index (κ2) is 10.9. The Balaban J connectivity index is 2.25. The van der Waals surface area contributed by atoms with Gasteiger partial charge in [0.2, 0.25) is 0 Å². The molecule has 0 spiro atoms. The Morgan fingerprint density at radius 2 is 1.68 bits per heavy atom. The zero-order valence-electron chi connectivity index (χ0n) is 17.0. The highest BCUT2D eigenvalue weighted by Gasteiger charge is 2.26. The van der Waals surface area contributed by atoms with Gasteiger partial charge in [0.15, 0.2) is 0 Å². The summed E-state index contributed by atoms with van der Waals surface area (Å²) in [6, 6.07) is 16.1. The molecule has 0 N–H and O–H groups in total. The van der Waals surface area contributed by atoms with Crippen molar-refractivity contribution < 1.29 is 14.3 Å². The molecular weight excluding hydrogens is 372 g/mol. The van der Waals surface area contributed by atoms with Gasteiger partial charge in [-0.1, -0.05) is 42.0 Å². The Hall–Kier alpha value is -2.31. The number of carbonyl (C=O) groups is 2. The maximum absolute atomic E-state index is 12.7. The van der Waals surface area contributed by atoms with E-state index < -0.39 is 11.9 Å². The molecule has 6 heteroatoms. The first kappa shape index (κ1) is 22.0. The summed E-state index contributed by atoms with van der Waals surface area (Å²) in [6.07, 6.45) is 0. The highest BCUT2D eigenvalue weighted by Crippen LogP contribution is 2.32. The largest absolute Gasteiger partial charge is 0.459 e. The molecular formula is C22H28N2O3S. The van der Waals surface area contributed by atoms with E-state index in [-0.39, 0.29) is 6.61 Å². The maximum Gasteiger partial charge on any atom is 0.397 e. The van der Waals surface area contributed by atoms with E-state index in [1.807, 2.05) is 43.3 Å². The summed E-state index contributed by atoms with van der Waals surface area (Å²) in [7, 11) is 3.87. The number of para-hydroxylation sites is 1. The molecule has 1 amide bonds. The fourth-order valence-corrected chi connectivity index (χ4v) is 3.60. The molecule has 2 aromatic rings. The van der Waals surface area contributed by atoms with Crippen molar-refractivity contribution in [3.05, 3.63) is 59.7 Å². The van der Waals surface area contributed by atoms with Crippen molar-refractivity contribution in [3.8, 4) is 0 Å². The number of anilines is 1. The zero-order valence-corrected chi connectivity index (χ0v) is 17.8. The SMILES string of the molecule is CCOC(=O)C(=O)N(CCN(C)C)c1ccccc1SCc1ccc(C)cc1. The number of likely N-dealkylation sites (N-methyl/N-ethyl adjacent to an activating group) is 1. The minimum atomic E-state index is -0.820. The Morgan fingerprint density at radius 1 is 1.00 bits per heavy atom. The predicted molar refractivity (Wildman–Crippen MR) is 115 cm³/mol. The van der Waals surface area contributed by atoms with Crippen LogP contribution >= 0.6 is 11.8 Å². The van der Waals surface area contributed by atoms with E-state index in [1.165, 1.54) is 16.0 Å². The monoisotopic (exact) mass is 400 g/mol. The number of benzene rings is 2. The molecule has 0 saturated heterocycles. The lowest BCUT2D eigenvalue weighted by molar-refractivity contribution is -0.153.